The number of para-hydroxylation sites is 1. The summed E-state index contributed by atoms with van der Waals surface area (Å²) in [5.74, 6) is 0.155. The molecule has 2 aromatic heterocycles. The Morgan fingerprint density at radius 3 is 2.71 bits per heavy atom. The number of thiazole rings is 1. The molecule has 0 saturated carbocycles. The van der Waals surface area contributed by atoms with Gasteiger partial charge >= 0.3 is 0 Å². The van der Waals surface area contributed by atoms with Crippen molar-refractivity contribution in [3.05, 3.63) is 70.5 Å². The van der Waals surface area contributed by atoms with E-state index in [1.54, 1.807) is 18.2 Å². The van der Waals surface area contributed by atoms with Crippen molar-refractivity contribution >= 4 is 39.8 Å². The van der Waals surface area contributed by atoms with Crippen molar-refractivity contribution in [2.24, 2.45) is 0 Å². The van der Waals surface area contributed by atoms with Crippen LogP contribution in [0.2, 0.25) is 0 Å². The number of anilines is 2. The lowest BCUT2D eigenvalue weighted by Crippen LogP contribution is -2.23. The summed E-state index contributed by atoms with van der Waals surface area (Å²) in [5, 5.41) is 10.9. The van der Waals surface area contributed by atoms with Gasteiger partial charge in [0.15, 0.2) is 5.13 Å². The van der Waals surface area contributed by atoms with Gasteiger partial charge in [-0.25, -0.2) is 9.37 Å². The Morgan fingerprint density at radius 2 is 1.97 bits per heavy atom. The summed E-state index contributed by atoms with van der Waals surface area (Å²) in [6.45, 7) is 5.47. The first-order valence-corrected chi connectivity index (χ1v) is 11.3. The van der Waals surface area contributed by atoms with Gasteiger partial charge in [0, 0.05) is 23.6 Å². The largest absolute Gasteiger partial charge is 0.411 e. The molecule has 31 heavy (non-hydrogen) atoms. The smallest absolute Gasteiger partial charge is 0.277 e. The first-order valence-electron chi connectivity index (χ1n) is 9.46. The van der Waals surface area contributed by atoms with Crippen molar-refractivity contribution in [1.29, 1.82) is 0 Å². The summed E-state index contributed by atoms with van der Waals surface area (Å²) >= 11 is 2.63. The van der Waals surface area contributed by atoms with Gasteiger partial charge in [-0.1, -0.05) is 30.0 Å². The van der Waals surface area contributed by atoms with Crippen LogP contribution in [0.25, 0.3) is 11.5 Å². The van der Waals surface area contributed by atoms with Gasteiger partial charge in [-0.05, 0) is 49.2 Å². The number of hydrogen-bond donors (Lipinski definition) is 0. The molecule has 0 bridgehead atoms. The zero-order valence-corrected chi connectivity index (χ0v) is 18.8. The van der Waals surface area contributed by atoms with Crippen molar-refractivity contribution in [2.75, 3.05) is 4.90 Å². The Bertz CT molecular complexity index is 1240. The molecule has 2 aromatic carbocycles. The molecule has 1 amide bonds. The predicted octanol–water partition coefficient (Wildman–Crippen LogP) is 5.93. The number of carbonyl (C=O) groups excluding carboxylic acids is 1. The highest BCUT2D eigenvalue weighted by Crippen LogP contribution is 2.33. The Kier molecular flexibility index (Phi) is 6.15. The topological polar surface area (TPSA) is 72.1 Å². The van der Waals surface area contributed by atoms with Gasteiger partial charge in [-0.2, -0.15) is 0 Å². The quantitative estimate of drug-likeness (QED) is 0.337. The highest BCUT2D eigenvalue weighted by atomic mass is 32.2. The molecule has 9 heteroatoms. The third-order valence-electron chi connectivity index (χ3n) is 4.64. The van der Waals surface area contributed by atoms with Crippen LogP contribution in [0, 0.1) is 19.7 Å². The van der Waals surface area contributed by atoms with E-state index in [9.17, 15) is 9.18 Å². The third kappa shape index (κ3) is 4.67. The van der Waals surface area contributed by atoms with Gasteiger partial charge in [0.2, 0.25) is 11.8 Å². The zero-order chi connectivity index (χ0) is 22.0. The van der Waals surface area contributed by atoms with E-state index in [0.717, 1.165) is 16.8 Å². The normalized spacial score (nSPS) is 11.0. The van der Waals surface area contributed by atoms with Gasteiger partial charge in [-0.3, -0.25) is 9.69 Å². The fraction of sp³-hybridized carbons (Fsp3) is 0.182. The highest BCUT2D eigenvalue weighted by Gasteiger charge is 2.21. The summed E-state index contributed by atoms with van der Waals surface area (Å²) in [6, 6.07) is 12.1. The minimum Gasteiger partial charge on any atom is -0.411 e. The molecule has 0 spiro atoms. The predicted molar refractivity (Wildman–Crippen MR) is 120 cm³/mol. The van der Waals surface area contributed by atoms with Crippen molar-refractivity contribution in [3.63, 3.8) is 0 Å². The number of amides is 1. The molecule has 0 N–H and O–H groups in total. The molecule has 0 atom stereocenters. The third-order valence-corrected chi connectivity index (χ3v) is 6.37. The number of aryl methyl sites for hydroxylation is 2. The van der Waals surface area contributed by atoms with Crippen LogP contribution in [-0.2, 0) is 10.5 Å². The van der Waals surface area contributed by atoms with Gasteiger partial charge in [0.1, 0.15) is 5.82 Å². The molecular formula is C22H19FN4O2S2. The molecule has 0 aliphatic carbocycles. The summed E-state index contributed by atoms with van der Waals surface area (Å²) in [6.07, 6.45) is 0. The number of nitrogens with zero attached hydrogens (tertiary/aromatic N) is 4. The number of halogens is 1. The van der Waals surface area contributed by atoms with Gasteiger partial charge in [0.05, 0.1) is 11.4 Å². The van der Waals surface area contributed by atoms with E-state index < -0.39 is 5.82 Å². The summed E-state index contributed by atoms with van der Waals surface area (Å²) in [4.78, 5) is 17.9. The maximum Gasteiger partial charge on any atom is 0.277 e. The van der Waals surface area contributed by atoms with E-state index in [0.29, 0.717) is 22.0 Å². The van der Waals surface area contributed by atoms with Crippen LogP contribution in [0.1, 0.15) is 23.7 Å². The van der Waals surface area contributed by atoms with Crippen molar-refractivity contribution in [3.8, 4) is 11.5 Å². The number of benzene rings is 2. The second-order valence-corrected chi connectivity index (χ2v) is 8.65. The lowest BCUT2D eigenvalue weighted by Gasteiger charge is -2.18. The van der Waals surface area contributed by atoms with Crippen LogP contribution in [0.4, 0.5) is 15.2 Å². The average molecular weight is 455 g/mol. The molecular weight excluding hydrogens is 435 g/mol. The molecule has 0 fully saturated rings. The van der Waals surface area contributed by atoms with Gasteiger partial charge in [0.25, 0.3) is 5.22 Å². The SMILES string of the molecule is CC(=O)N(c1nc(CSc2nnc(-c3ccc(C)c(C)c3)o2)cs1)c1ccccc1F. The number of thioether (sulfide) groups is 1. The van der Waals surface area contributed by atoms with Crippen LogP contribution < -0.4 is 4.90 Å². The van der Waals surface area contributed by atoms with E-state index >= 15 is 0 Å². The fourth-order valence-electron chi connectivity index (χ4n) is 2.90. The lowest BCUT2D eigenvalue weighted by atomic mass is 10.1. The van der Waals surface area contributed by atoms with Crippen LogP contribution in [0.3, 0.4) is 0 Å². The average Bonchev–Trinajstić information content (AvgIpc) is 3.40. The van der Waals surface area contributed by atoms with Crippen molar-refractivity contribution < 1.29 is 13.6 Å². The van der Waals surface area contributed by atoms with E-state index in [2.05, 4.69) is 22.1 Å². The molecule has 4 rings (SSSR count). The number of aromatic nitrogens is 3. The first kappa shape index (κ1) is 21.2. The minimum atomic E-state index is -0.478. The van der Waals surface area contributed by atoms with Crippen molar-refractivity contribution in [2.45, 2.75) is 31.7 Å². The molecule has 0 unspecified atom stereocenters. The highest BCUT2D eigenvalue weighted by molar-refractivity contribution is 7.98. The Hall–Kier alpha value is -3.04. The maximum absolute atomic E-state index is 14.2. The molecule has 0 radical (unpaired) electrons. The maximum atomic E-state index is 14.2. The molecule has 0 aliphatic rings. The van der Waals surface area contributed by atoms with Crippen LogP contribution in [-0.4, -0.2) is 21.1 Å². The Labute approximate surface area is 187 Å². The first-order chi connectivity index (χ1) is 14.9. The molecule has 158 valence electrons. The molecule has 0 aliphatic heterocycles. The van der Waals surface area contributed by atoms with Crippen molar-refractivity contribution in [1.82, 2.24) is 15.2 Å². The van der Waals surface area contributed by atoms with Gasteiger partial charge < -0.3 is 4.42 Å². The van der Waals surface area contributed by atoms with Crippen LogP contribution >= 0.6 is 23.1 Å². The van der Waals surface area contributed by atoms with E-state index in [1.807, 2.05) is 30.5 Å². The fourth-order valence-corrected chi connectivity index (χ4v) is 4.54. The zero-order valence-electron chi connectivity index (χ0n) is 17.1. The summed E-state index contributed by atoms with van der Waals surface area (Å²) in [5.41, 5.74) is 4.15. The number of rotatable bonds is 6. The molecule has 4 aromatic rings. The molecule has 0 saturated heterocycles. The Morgan fingerprint density at radius 1 is 1.16 bits per heavy atom. The minimum absolute atomic E-state index is 0.179. The molecule has 6 nitrogen and oxygen atoms in total. The standard InChI is InChI=1S/C22H19FN4O2S2/c1-13-8-9-16(10-14(13)2)20-25-26-22(29-20)31-12-17-11-30-21(24-17)27(15(3)28)19-7-5-4-6-18(19)23/h4-11H,12H2,1-3H3. The summed E-state index contributed by atoms with van der Waals surface area (Å²) < 4.78 is 20.0. The monoisotopic (exact) mass is 454 g/mol. The number of carbonyl (C=O) groups is 1. The van der Waals surface area contributed by atoms with E-state index in [-0.39, 0.29) is 11.6 Å². The second kappa shape index (κ2) is 8.99. The number of hydrogen-bond acceptors (Lipinski definition) is 7. The molecule has 2 heterocycles. The van der Waals surface area contributed by atoms with Gasteiger partial charge in [-0.15, -0.1) is 21.5 Å². The summed E-state index contributed by atoms with van der Waals surface area (Å²) in [7, 11) is 0. The Balaban J connectivity index is 1.47. The van der Waals surface area contributed by atoms with E-state index in [1.165, 1.54) is 46.6 Å². The second-order valence-electron chi connectivity index (χ2n) is 6.89. The van der Waals surface area contributed by atoms with Crippen LogP contribution in [0.15, 0.2) is 57.5 Å². The van der Waals surface area contributed by atoms with E-state index in [4.69, 9.17) is 4.42 Å². The lowest BCUT2D eigenvalue weighted by molar-refractivity contribution is -0.115. The van der Waals surface area contributed by atoms with Crippen LogP contribution in [0.5, 0.6) is 0 Å².